The van der Waals surface area contributed by atoms with Gasteiger partial charge in [0.15, 0.2) is 0 Å². The van der Waals surface area contributed by atoms with Gasteiger partial charge in [0.2, 0.25) is 5.91 Å². The summed E-state index contributed by atoms with van der Waals surface area (Å²) in [5.74, 6) is -1.48. The standard InChI is InChI=1S/C11H20IN3O3/c1-7(13)9(16)15-5-8(3-2-4-12)11(14,6-15)10(17)18/h7-8H,2-6,13-14H2,1H3,(H,17,18)/t7-,8-,11-/m0/s1. The number of carbonyl (C=O) groups is 2. The van der Waals surface area contributed by atoms with Crippen LogP contribution in [0.1, 0.15) is 19.8 Å². The molecule has 1 aliphatic heterocycles. The molecule has 0 aromatic carbocycles. The molecule has 18 heavy (non-hydrogen) atoms. The monoisotopic (exact) mass is 369 g/mol. The Morgan fingerprint density at radius 2 is 2.22 bits per heavy atom. The van der Waals surface area contributed by atoms with Gasteiger partial charge >= 0.3 is 5.97 Å². The van der Waals surface area contributed by atoms with Crippen molar-refractivity contribution < 1.29 is 14.7 Å². The molecule has 0 radical (unpaired) electrons. The van der Waals surface area contributed by atoms with Crippen LogP contribution in [0, 0.1) is 5.92 Å². The predicted octanol–water partition coefficient (Wildman–Crippen LogP) is -0.211. The number of carbonyl (C=O) groups excluding carboxylic acids is 1. The first-order valence-electron chi connectivity index (χ1n) is 5.95. The van der Waals surface area contributed by atoms with Gasteiger partial charge in [-0.3, -0.25) is 9.59 Å². The number of rotatable bonds is 5. The molecule has 0 spiro atoms. The number of halogens is 1. The first kappa shape index (κ1) is 15.6. The average molecular weight is 369 g/mol. The maximum Gasteiger partial charge on any atom is 0.325 e. The van der Waals surface area contributed by atoms with E-state index in [0.717, 1.165) is 10.8 Å². The summed E-state index contributed by atoms with van der Waals surface area (Å²) in [4.78, 5) is 24.6. The van der Waals surface area contributed by atoms with Crippen molar-refractivity contribution in [3.05, 3.63) is 0 Å². The lowest BCUT2D eigenvalue weighted by atomic mass is 9.85. The van der Waals surface area contributed by atoms with Crippen LogP contribution in [0.2, 0.25) is 0 Å². The lowest BCUT2D eigenvalue weighted by Gasteiger charge is -2.25. The van der Waals surface area contributed by atoms with Gasteiger partial charge in [0.25, 0.3) is 0 Å². The third-order valence-electron chi connectivity index (χ3n) is 3.41. The van der Waals surface area contributed by atoms with Crippen LogP contribution in [0.5, 0.6) is 0 Å². The second-order valence-corrected chi connectivity index (χ2v) is 5.96. The van der Waals surface area contributed by atoms with Crippen LogP contribution in [0.4, 0.5) is 0 Å². The second kappa shape index (κ2) is 6.16. The van der Waals surface area contributed by atoms with Crippen LogP contribution < -0.4 is 11.5 Å². The van der Waals surface area contributed by atoms with Gasteiger partial charge in [-0.15, -0.1) is 0 Å². The highest BCUT2D eigenvalue weighted by Crippen LogP contribution is 2.30. The number of carboxylic acids is 1. The zero-order chi connectivity index (χ0) is 13.9. The van der Waals surface area contributed by atoms with Crippen molar-refractivity contribution in [1.82, 2.24) is 4.90 Å². The van der Waals surface area contributed by atoms with Gasteiger partial charge in [-0.2, -0.15) is 0 Å². The minimum absolute atomic E-state index is 0.0502. The van der Waals surface area contributed by atoms with E-state index in [4.69, 9.17) is 11.5 Å². The van der Waals surface area contributed by atoms with Crippen LogP contribution in [0.3, 0.4) is 0 Å². The van der Waals surface area contributed by atoms with Gasteiger partial charge in [0.1, 0.15) is 5.54 Å². The molecule has 0 aromatic heterocycles. The first-order valence-corrected chi connectivity index (χ1v) is 7.48. The Morgan fingerprint density at radius 1 is 1.61 bits per heavy atom. The van der Waals surface area contributed by atoms with Crippen LogP contribution in [-0.4, -0.2) is 51.0 Å². The van der Waals surface area contributed by atoms with E-state index >= 15 is 0 Å². The summed E-state index contributed by atoms with van der Waals surface area (Å²) in [5.41, 5.74) is 10.2. The largest absolute Gasteiger partial charge is 0.480 e. The molecule has 104 valence electrons. The van der Waals surface area contributed by atoms with E-state index in [9.17, 15) is 14.7 Å². The molecule has 0 saturated carbocycles. The smallest absolute Gasteiger partial charge is 0.325 e. The van der Waals surface area contributed by atoms with E-state index in [1.807, 2.05) is 0 Å². The molecule has 0 unspecified atom stereocenters. The summed E-state index contributed by atoms with van der Waals surface area (Å²) in [7, 11) is 0. The SMILES string of the molecule is C[C@H](N)C(=O)N1C[C@H](CCCI)[C@](N)(C(=O)O)C1. The normalized spacial score (nSPS) is 29.3. The Morgan fingerprint density at radius 3 is 2.67 bits per heavy atom. The van der Waals surface area contributed by atoms with Gasteiger partial charge in [-0.1, -0.05) is 22.6 Å². The molecule has 1 aliphatic rings. The van der Waals surface area contributed by atoms with E-state index in [1.54, 1.807) is 6.92 Å². The summed E-state index contributed by atoms with van der Waals surface area (Å²) in [5, 5.41) is 9.28. The number of hydrogen-bond donors (Lipinski definition) is 3. The Kier molecular flexibility index (Phi) is 5.35. The molecule has 1 fully saturated rings. The summed E-state index contributed by atoms with van der Waals surface area (Å²) in [6.07, 6.45) is 1.62. The maximum atomic E-state index is 11.8. The Balaban J connectivity index is 2.82. The van der Waals surface area contributed by atoms with Crippen LogP contribution >= 0.6 is 22.6 Å². The van der Waals surface area contributed by atoms with Gasteiger partial charge in [-0.25, -0.2) is 0 Å². The van der Waals surface area contributed by atoms with Gasteiger partial charge < -0.3 is 21.5 Å². The highest BCUT2D eigenvalue weighted by atomic mass is 127. The van der Waals surface area contributed by atoms with E-state index < -0.39 is 17.6 Å². The fraction of sp³-hybridized carbons (Fsp3) is 0.818. The molecular formula is C11H20IN3O3. The lowest BCUT2D eigenvalue weighted by molar-refractivity contribution is -0.144. The zero-order valence-electron chi connectivity index (χ0n) is 10.4. The van der Waals surface area contributed by atoms with Crippen LogP contribution in [-0.2, 0) is 9.59 Å². The third kappa shape index (κ3) is 3.12. The predicted molar refractivity (Wildman–Crippen MR) is 76.4 cm³/mol. The van der Waals surface area contributed by atoms with Crippen molar-refractivity contribution in [1.29, 1.82) is 0 Å². The molecular weight excluding hydrogens is 349 g/mol. The molecule has 1 amide bonds. The molecule has 1 heterocycles. The number of amides is 1. The first-order chi connectivity index (χ1) is 8.32. The lowest BCUT2D eigenvalue weighted by Crippen LogP contribution is -2.55. The number of nitrogens with zero attached hydrogens (tertiary/aromatic N) is 1. The minimum atomic E-state index is -1.34. The number of likely N-dealkylation sites (tertiary alicyclic amines) is 1. The van der Waals surface area contributed by atoms with E-state index in [2.05, 4.69) is 22.6 Å². The Hall–Kier alpha value is -0.410. The summed E-state index contributed by atoms with van der Waals surface area (Å²) < 4.78 is 0.950. The van der Waals surface area contributed by atoms with Crippen molar-refractivity contribution in [3.63, 3.8) is 0 Å². The zero-order valence-corrected chi connectivity index (χ0v) is 12.6. The molecule has 0 aromatic rings. The maximum absolute atomic E-state index is 11.8. The number of aliphatic carboxylic acids is 1. The van der Waals surface area contributed by atoms with E-state index in [1.165, 1.54) is 4.90 Å². The van der Waals surface area contributed by atoms with Gasteiger partial charge in [-0.05, 0) is 24.2 Å². The summed E-state index contributed by atoms with van der Waals surface area (Å²) in [6, 6.07) is -0.619. The number of carboxylic acid groups (broad SMARTS) is 1. The highest BCUT2D eigenvalue weighted by Gasteiger charge is 2.50. The van der Waals surface area contributed by atoms with E-state index in [-0.39, 0.29) is 18.4 Å². The minimum Gasteiger partial charge on any atom is -0.480 e. The number of nitrogens with two attached hydrogens (primary N) is 2. The topological polar surface area (TPSA) is 110 Å². The number of hydrogen-bond acceptors (Lipinski definition) is 4. The number of alkyl halides is 1. The molecule has 7 heteroatoms. The Labute approximate surface area is 120 Å². The molecule has 0 bridgehead atoms. The fourth-order valence-electron chi connectivity index (χ4n) is 2.31. The summed E-state index contributed by atoms with van der Waals surface area (Å²) >= 11 is 2.24. The molecule has 6 nitrogen and oxygen atoms in total. The van der Waals surface area contributed by atoms with Crippen molar-refractivity contribution in [2.75, 3.05) is 17.5 Å². The molecule has 0 aliphatic carbocycles. The van der Waals surface area contributed by atoms with Crippen molar-refractivity contribution in [2.24, 2.45) is 17.4 Å². The molecule has 5 N–H and O–H groups in total. The van der Waals surface area contributed by atoms with Crippen LogP contribution in [0.15, 0.2) is 0 Å². The quantitative estimate of drug-likeness (QED) is 0.459. The van der Waals surface area contributed by atoms with Crippen molar-refractivity contribution in [3.8, 4) is 0 Å². The van der Waals surface area contributed by atoms with E-state index in [0.29, 0.717) is 13.0 Å². The highest BCUT2D eigenvalue weighted by molar-refractivity contribution is 14.1. The fourth-order valence-corrected chi connectivity index (χ4v) is 2.75. The van der Waals surface area contributed by atoms with Gasteiger partial charge in [0.05, 0.1) is 6.04 Å². The summed E-state index contributed by atoms with van der Waals surface area (Å²) in [6.45, 7) is 2.04. The molecule has 1 rings (SSSR count). The van der Waals surface area contributed by atoms with Gasteiger partial charge in [0, 0.05) is 19.0 Å². The second-order valence-electron chi connectivity index (χ2n) is 4.88. The Bertz CT molecular complexity index is 337. The van der Waals surface area contributed by atoms with Crippen molar-refractivity contribution in [2.45, 2.75) is 31.3 Å². The van der Waals surface area contributed by atoms with Crippen LogP contribution in [0.25, 0.3) is 0 Å². The van der Waals surface area contributed by atoms with Crippen molar-refractivity contribution >= 4 is 34.5 Å². The molecule has 1 saturated heterocycles. The molecule has 3 atom stereocenters. The average Bonchev–Trinajstić information content (AvgIpc) is 2.64. The third-order valence-corrected chi connectivity index (χ3v) is 4.17.